The fourth-order valence-electron chi connectivity index (χ4n) is 1.38. The molecule has 2 aromatic rings. The number of hydrogen-bond donors (Lipinski definition) is 1. The second-order valence-electron chi connectivity index (χ2n) is 3.45. The number of aromatic nitrogens is 1. The highest BCUT2D eigenvalue weighted by atomic mass is 32.2. The van der Waals surface area contributed by atoms with Gasteiger partial charge in [-0.1, -0.05) is 12.1 Å². The molecule has 0 aliphatic rings. The normalized spacial score (nSPS) is 10.2. The van der Waals surface area contributed by atoms with Crippen molar-refractivity contribution in [3.05, 3.63) is 54.5 Å². The molecule has 0 aliphatic heterocycles. The van der Waals surface area contributed by atoms with Crippen molar-refractivity contribution in [3.8, 4) is 0 Å². The van der Waals surface area contributed by atoms with Crippen molar-refractivity contribution in [1.29, 1.82) is 0 Å². The van der Waals surface area contributed by atoms with Gasteiger partial charge in [0.2, 0.25) is 0 Å². The van der Waals surface area contributed by atoms with Crippen LogP contribution in [0.25, 0.3) is 0 Å². The highest BCUT2D eigenvalue weighted by Crippen LogP contribution is 2.14. The maximum Gasteiger partial charge on any atom is 0.125 e. The average Bonchev–Trinajstić information content (AvgIpc) is 2.36. The lowest BCUT2D eigenvalue weighted by Gasteiger charge is -2.05. The Morgan fingerprint density at radius 3 is 2.88 bits per heavy atom. The smallest absolute Gasteiger partial charge is 0.125 e. The quantitative estimate of drug-likeness (QED) is 0.648. The number of nitrogens with one attached hydrogen (secondary N) is 1. The summed E-state index contributed by atoms with van der Waals surface area (Å²) in [5, 5.41) is 4.18. The van der Waals surface area contributed by atoms with E-state index in [4.69, 9.17) is 0 Å². The molecule has 0 fully saturated rings. The van der Waals surface area contributed by atoms with Gasteiger partial charge in [0.1, 0.15) is 5.82 Å². The first kappa shape index (κ1) is 11.9. The zero-order chi connectivity index (χ0) is 11.9. The first-order valence-corrected chi connectivity index (χ1v) is 6.36. The minimum Gasteiger partial charge on any atom is -0.384 e. The van der Waals surface area contributed by atoms with E-state index >= 15 is 0 Å². The molecule has 4 heteroatoms. The van der Waals surface area contributed by atoms with Gasteiger partial charge in [0, 0.05) is 24.2 Å². The van der Waals surface area contributed by atoms with Gasteiger partial charge in [0.05, 0.1) is 5.03 Å². The number of halogens is 1. The monoisotopic (exact) mass is 248 g/mol. The number of benzene rings is 1. The summed E-state index contributed by atoms with van der Waals surface area (Å²) in [6, 6.07) is 12.3. The topological polar surface area (TPSA) is 24.9 Å². The Labute approximate surface area is 104 Å². The van der Waals surface area contributed by atoms with Crippen LogP contribution in [0.2, 0.25) is 0 Å². The van der Waals surface area contributed by atoms with Gasteiger partial charge in [0.25, 0.3) is 0 Å². The molecule has 0 saturated heterocycles. The van der Waals surface area contributed by atoms with Crippen molar-refractivity contribution >= 4 is 17.4 Å². The summed E-state index contributed by atoms with van der Waals surface area (Å²) >= 11 is 1.68. The van der Waals surface area contributed by atoms with Crippen LogP contribution in [-0.4, -0.2) is 17.3 Å². The minimum atomic E-state index is -0.215. The van der Waals surface area contributed by atoms with Crippen LogP contribution in [0.4, 0.5) is 10.1 Å². The predicted molar refractivity (Wildman–Crippen MR) is 69.9 cm³/mol. The molecule has 0 spiro atoms. The van der Waals surface area contributed by atoms with E-state index in [1.807, 2.05) is 24.3 Å². The zero-order valence-corrected chi connectivity index (χ0v) is 10.1. The highest BCUT2D eigenvalue weighted by Gasteiger charge is 1.96. The van der Waals surface area contributed by atoms with E-state index in [0.29, 0.717) is 0 Å². The Kier molecular flexibility index (Phi) is 4.38. The fraction of sp³-hybridized carbons (Fsp3) is 0.154. The maximum atomic E-state index is 12.9. The van der Waals surface area contributed by atoms with Gasteiger partial charge in [0.15, 0.2) is 0 Å². The second-order valence-corrected chi connectivity index (χ2v) is 4.57. The third-order valence-corrected chi connectivity index (χ3v) is 3.09. The molecule has 0 amide bonds. The molecule has 0 aliphatic carbocycles. The molecule has 17 heavy (non-hydrogen) atoms. The Bertz CT molecular complexity index is 462. The zero-order valence-electron chi connectivity index (χ0n) is 9.27. The van der Waals surface area contributed by atoms with Gasteiger partial charge >= 0.3 is 0 Å². The van der Waals surface area contributed by atoms with Crippen LogP contribution in [0.1, 0.15) is 0 Å². The summed E-state index contributed by atoms with van der Waals surface area (Å²) in [7, 11) is 0. The summed E-state index contributed by atoms with van der Waals surface area (Å²) in [5.41, 5.74) is 0.812. The van der Waals surface area contributed by atoms with E-state index in [1.165, 1.54) is 12.1 Å². The molecule has 0 radical (unpaired) electrons. The van der Waals surface area contributed by atoms with E-state index in [1.54, 1.807) is 24.0 Å². The molecule has 0 unspecified atom stereocenters. The van der Waals surface area contributed by atoms with Crippen molar-refractivity contribution in [2.24, 2.45) is 0 Å². The summed E-state index contributed by atoms with van der Waals surface area (Å²) < 4.78 is 12.9. The molecule has 2 rings (SSSR count). The van der Waals surface area contributed by atoms with Gasteiger partial charge in [-0.3, -0.25) is 0 Å². The van der Waals surface area contributed by atoms with Crippen LogP contribution >= 0.6 is 11.8 Å². The maximum absolute atomic E-state index is 12.9. The van der Waals surface area contributed by atoms with Gasteiger partial charge in [-0.2, -0.15) is 0 Å². The molecule has 1 aromatic heterocycles. The van der Waals surface area contributed by atoms with Crippen LogP contribution in [0, 0.1) is 5.82 Å². The fourth-order valence-corrected chi connectivity index (χ4v) is 2.11. The molecular formula is C13H13FN2S. The Morgan fingerprint density at radius 1 is 1.18 bits per heavy atom. The van der Waals surface area contributed by atoms with Crippen LogP contribution in [0.3, 0.4) is 0 Å². The largest absolute Gasteiger partial charge is 0.384 e. The molecule has 1 aromatic carbocycles. The number of rotatable bonds is 5. The molecule has 1 heterocycles. The summed E-state index contributed by atoms with van der Waals surface area (Å²) in [6.45, 7) is 0.782. The van der Waals surface area contributed by atoms with Crippen molar-refractivity contribution in [1.82, 2.24) is 4.98 Å². The third kappa shape index (κ3) is 4.07. The molecule has 88 valence electrons. The lowest BCUT2D eigenvalue weighted by Crippen LogP contribution is -2.04. The van der Waals surface area contributed by atoms with Gasteiger partial charge in [-0.15, -0.1) is 11.8 Å². The summed E-state index contributed by atoms with van der Waals surface area (Å²) in [4.78, 5) is 4.21. The molecule has 0 atom stereocenters. The van der Waals surface area contributed by atoms with Crippen LogP contribution in [0.5, 0.6) is 0 Å². The minimum absolute atomic E-state index is 0.215. The second kappa shape index (κ2) is 6.25. The molecule has 0 bridgehead atoms. The van der Waals surface area contributed by atoms with Crippen molar-refractivity contribution in [3.63, 3.8) is 0 Å². The summed E-state index contributed by atoms with van der Waals surface area (Å²) in [6.07, 6.45) is 1.78. The third-order valence-electron chi connectivity index (χ3n) is 2.14. The molecule has 1 N–H and O–H groups in total. The van der Waals surface area contributed by atoms with Crippen LogP contribution < -0.4 is 5.32 Å². The summed E-state index contributed by atoms with van der Waals surface area (Å²) in [5.74, 6) is 0.681. The van der Waals surface area contributed by atoms with Gasteiger partial charge in [-0.05, 0) is 30.3 Å². The van der Waals surface area contributed by atoms with Gasteiger partial charge < -0.3 is 5.32 Å². The SMILES string of the molecule is Fc1cccc(NCCSc2ccccn2)c1. The van der Waals surface area contributed by atoms with E-state index in [2.05, 4.69) is 10.3 Å². The Morgan fingerprint density at radius 2 is 2.12 bits per heavy atom. The van der Waals surface area contributed by atoms with Crippen LogP contribution in [-0.2, 0) is 0 Å². The van der Waals surface area contributed by atoms with E-state index in [0.717, 1.165) is 23.0 Å². The Balaban J connectivity index is 1.73. The van der Waals surface area contributed by atoms with E-state index in [-0.39, 0.29) is 5.82 Å². The highest BCUT2D eigenvalue weighted by molar-refractivity contribution is 7.99. The number of anilines is 1. The van der Waals surface area contributed by atoms with Crippen LogP contribution in [0.15, 0.2) is 53.7 Å². The first-order valence-electron chi connectivity index (χ1n) is 5.38. The number of hydrogen-bond acceptors (Lipinski definition) is 3. The molecule has 2 nitrogen and oxygen atoms in total. The van der Waals surface area contributed by atoms with E-state index in [9.17, 15) is 4.39 Å². The first-order chi connectivity index (χ1) is 8.34. The lowest BCUT2D eigenvalue weighted by atomic mass is 10.3. The van der Waals surface area contributed by atoms with Crippen molar-refractivity contribution in [2.45, 2.75) is 5.03 Å². The predicted octanol–water partition coefficient (Wildman–Crippen LogP) is 3.42. The van der Waals surface area contributed by atoms with Gasteiger partial charge in [-0.25, -0.2) is 9.37 Å². The Hall–Kier alpha value is -1.55. The number of nitrogens with zero attached hydrogens (tertiary/aromatic N) is 1. The van der Waals surface area contributed by atoms with Crippen molar-refractivity contribution < 1.29 is 4.39 Å². The number of pyridine rings is 1. The molecule has 0 saturated carbocycles. The van der Waals surface area contributed by atoms with E-state index < -0.39 is 0 Å². The molecular weight excluding hydrogens is 235 g/mol. The average molecular weight is 248 g/mol. The van der Waals surface area contributed by atoms with Crippen molar-refractivity contribution in [2.75, 3.05) is 17.6 Å². The lowest BCUT2D eigenvalue weighted by molar-refractivity contribution is 0.628. The standard InChI is InChI=1S/C13H13FN2S/c14-11-4-3-5-12(10-11)15-8-9-17-13-6-1-2-7-16-13/h1-7,10,15H,8-9H2. The number of thioether (sulfide) groups is 1.